The SMILES string of the molecule is COc1ccc(C)cc1NC(=O)COC(=O)CNC(=O)c1ccc(Cl)cc1Cl. The van der Waals surface area contributed by atoms with Crippen molar-refractivity contribution in [2.24, 2.45) is 0 Å². The molecule has 2 N–H and O–H groups in total. The van der Waals surface area contributed by atoms with Crippen LogP contribution in [0.1, 0.15) is 15.9 Å². The van der Waals surface area contributed by atoms with Crippen molar-refractivity contribution in [2.45, 2.75) is 6.92 Å². The summed E-state index contributed by atoms with van der Waals surface area (Å²) in [6.45, 7) is 0.942. The summed E-state index contributed by atoms with van der Waals surface area (Å²) < 4.78 is 10.0. The molecule has 7 nitrogen and oxygen atoms in total. The van der Waals surface area contributed by atoms with Crippen LogP contribution in [0.25, 0.3) is 0 Å². The molecule has 2 aromatic carbocycles. The van der Waals surface area contributed by atoms with Crippen molar-refractivity contribution < 1.29 is 23.9 Å². The molecule has 0 saturated heterocycles. The van der Waals surface area contributed by atoms with Crippen LogP contribution in [0.3, 0.4) is 0 Å². The molecule has 0 radical (unpaired) electrons. The van der Waals surface area contributed by atoms with Gasteiger partial charge in [0.25, 0.3) is 11.8 Å². The highest BCUT2D eigenvalue weighted by atomic mass is 35.5. The Morgan fingerprint density at radius 2 is 1.82 bits per heavy atom. The van der Waals surface area contributed by atoms with Crippen molar-refractivity contribution in [1.29, 1.82) is 0 Å². The van der Waals surface area contributed by atoms with E-state index in [4.69, 9.17) is 32.7 Å². The molecule has 2 aromatic rings. The van der Waals surface area contributed by atoms with E-state index in [-0.39, 0.29) is 10.6 Å². The van der Waals surface area contributed by atoms with E-state index >= 15 is 0 Å². The number of hydrogen-bond donors (Lipinski definition) is 2. The van der Waals surface area contributed by atoms with Crippen molar-refractivity contribution >= 4 is 46.7 Å². The molecule has 0 atom stereocenters. The molecule has 0 fully saturated rings. The van der Waals surface area contributed by atoms with Gasteiger partial charge < -0.3 is 20.1 Å². The number of benzene rings is 2. The molecule has 2 rings (SSSR count). The lowest BCUT2D eigenvalue weighted by atomic mass is 10.2. The molecular weight excluding hydrogens is 407 g/mol. The highest BCUT2D eigenvalue weighted by molar-refractivity contribution is 6.36. The second-order valence-electron chi connectivity index (χ2n) is 5.72. The maximum absolute atomic E-state index is 12.0. The molecule has 0 aliphatic rings. The summed E-state index contributed by atoms with van der Waals surface area (Å²) in [5.41, 5.74) is 1.56. The lowest BCUT2D eigenvalue weighted by molar-refractivity contribution is -0.146. The number of nitrogens with one attached hydrogen (secondary N) is 2. The average molecular weight is 425 g/mol. The minimum atomic E-state index is -0.773. The number of rotatable bonds is 7. The number of carbonyl (C=O) groups is 3. The van der Waals surface area contributed by atoms with Crippen molar-refractivity contribution in [3.05, 3.63) is 57.6 Å². The van der Waals surface area contributed by atoms with Crippen LogP contribution in [0.4, 0.5) is 5.69 Å². The Labute approximate surface area is 171 Å². The molecule has 28 heavy (non-hydrogen) atoms. The van der Waals surface area contributed by atoms with Crippen molar-refractivity contribution in [3.63, 3.8) is 0 Å². The third kappa shape index (κ3) is 6.14. The standard InChI is InChI=1S/C19H18Cl2N2O5/c1-11-3-6-16(27-2)15(7-11)23-17(24)10-28-18(25)9-22-19(26)13-5-4-12(20)8-14(13)21/h3-8H,9-10H2,1-2H3,(H,22,26)(H,23,24). The fourth-order valence-corrected chi connectivity index (χ4v) is 2.72. The maximum atomic E-state index is 12.0. The first-order chi connectivity index (χ1) is 13.3. The van der Waals surface area contributed by atoms with Crippen LogP contribution < -0.4 is 15.4 Å². The predicted octanol–water partition coefficient (Wildman–Crippen LogP) is 3.22. The molecule has 0 heterocycles. The van der Waals surface area contributed by atoms with E-state index in [2.05, 4.69) is 10.6 Å². The topological polar surface area (TPSA) is 93.7 Å². The van der Waals surface area contributed by atoms with E-state index in [1.54, 1.807) is 12.1 Å². The van der Waals surface area contributed by atoms with E-state index in [1.807, 2.05) is 13.0 Å². The minimum absolute atomic E-state index is 0.157. The van der Waals surface area contributed by atoms with E-state index < -0.39 is 30.9 Å². The zero-order valence-electron chi connectivity index (χ0n) is 15.2. The smallest absolute Gasteiger partial charge is 0.325 e. The van der Waals surface area contributed by atoms with Gasteiger partial charge in [0.1, 0.15) is 12.3 Å². The summed E-state index contributed by atoms with van der Waals surface area (Å²) in [5.74, 6) is -1.39. The van der Waals surface area contributed by atoms with Crippen LogP contribution in [-0.2, 0) is 14.3 Å². The number of ether oxygens (including phenoxy) is 2. The van der Waals surface area contributed by atoms with Gasteiger partial charge in [0.2, 0.25) is 0 Å². The number of carbonyl (C=O) groups excluding carboxylic acids is 3. The van der Waals surface area contributed by atoms with Gasteiger partial charge in [-0.15, -0.1) is 0 Å². The molecule has 0 aromatic heterocycles. The molecule has 0 aliphatic heterocycles. The largest absolute Gasteiger partial charge is 0.495 e. The third-order valence-corrected chi connectivity index (χ3v) is 4.11. The second kappa shape index (κ2) is 9.96. The Balaban J connectivity index is 1.81. The van der Waals surface area contributed by atoms with Gasteiger partial charge in [0.15, 0.2) is 6.61 Å². The van der Waals surface area contributed by atoms with Crippen LogP contribution >= 0.6 is 23.2 Å². The summed E-state index contributed by atoms with van der Waals surface area (Å²) in [4.78, 5) is 35.8. The molecule has 9 heteroatoms. The van der Waals surface area contributed by atoms with Gasteiger partial charge in [-0.25, -0.2) is 0 Å². The van der Waals surface area contributed by atoms with Gasteiger partial charge in [0.05, 0.1) is 23.4 Å². The van der Waals surface area contributed by atoms with Gasteiger partial charge in [-0.3, -0.25) is 14.4 Å². The molecule has 148 valence electrons. The monoisotopic (exact) mass is 424 g/mol. The van der Waals surface area contributed by atoms with Gasteiger partial charge in [-0.05, 0) is 42.8 Å². The summed E-state index contributed by atoms with van der Waals surface area (Å²) in [6.07, 6.45) is 0. The Morgan fingerprint density at radius 1 is 1.07 bits per heavy atom. The number of esters is 1. The van der Waals surface area contributed by atoms with Crippen molar-refractivity contribution in [1.82, 2.24) is 5.32 Å². The first kappa shape index (κ1) is 21.5. The van der Waals surface area contributed by atoms with E-state index in [9.17, 15) is 14.4 Å². The Kier molecular flexibility index (Phi) is 7.66. The molecule has 0 saturated carbocycles. The number of aryl methyl sites for hydroxylation is 1. The van der Waals surface area contributed by atoms with E-state index in [1.165, 1.54) is 25.3 Å². The minimum Gasteiger partial charge on any atom is -0.495 e. The fourth-order valence-electron chi connectivity index (χ4n) is 2.22. The Hall–Kier alpha value is -2.77. The van der Waals surface area contributed by atoms with Crippen LogP contribution in [0.5, 0.6) is 5.75 Å². The van der Waals surface area contributed by atoms with E-state index in [0.29, 0.717) is 16.5 Å². The summed E-state index contributed by atoms with van der Waals surface area (Å²) in [7, 11) is 1.48. The second-order valence-corrected chi connectivity index (χ2v) is 6.56. The zero-order valence-corrected chi connectivity index (χ0v) is 16.7. The van der Waals surface area contributed by atoms with Gasteiger partial charge in [-0.2, -0.15) is 0 Å². The summed E-state index contributed by atoms with van der Waals surface area (Å²) >= 11 is 11.7. The molecule has 0 unspecified atom stereocenters. The molecule has 0 aliphatic carbocycles. The van der Waals surface area contributed by atoms with Crippen LogP contribution in [0.15, 0.2) is 36.4 Å². The zero-order chi connectivity index (χ0) is 20.7. The fraction of sp³-hybridized carbons (Fsp3) is 0.211. The van der Waals surface area contributed by atoms with Gasteiger partial charge in [-0.1, -0.05) is 29.3 Å². The van der Waals surface area contributed by atoms with E-state index in [0.717, 1.165) is 5.56 Å². The normalized spacial score (nSPS) is 10.1. The van der Waals surface area contributed by atoms with Crippen molar-refractivity contribution in [2.75, 3.05) is 25.6 Å². The lowest BCUT2D eigenvalue weighted by Crippen LogP contribution is -2.32. The van der Waals surface area contributed by atoms with Crippen LogP contribution in [-0.4, -0.2) is 38.0 Å². The first-order valence-electron chi connectivity index (χ1n) is 8.13. The van der Waals surface area contributed by atoms with Crippen molar-refractivity contribution in [3.8, 4) is 5.75 Å². The number of amides is 2. The molecular formula is C19H18Cl2N2O5. The predicted molar refractivity (Wildman–Crippen MR) is 106 cm³/mol. The highest BCUT2D eigenvalue weighted by Gasteiger charge is 2.14. The Bertz CT molecular complexity index is 902. The summed E-state index contributed by atoms with van der Waals surface area (Å²) in [6, 6.07) is 9.64. The number of hydrogen-bond acceptors (Lipinski definition) is 5. The van der Waals surface area contributed by atoms with Crippen LogP contribution in [0.2, 0.25) is 10.0 Å². The van der Waals surface area contributed by atoms with Gasteiger partial charge >= 0.3 is 5.97 Å². The number of methoxy groups -OCH3 is 1. The maximum Gasteiger partial charge on any atom is 0.325 e. The lowest BCUT2D eigenvalue weighted by Gasteiger charge is -2.11. The van der Waals surface area contributed by atoms with Crippen LogP contribution in [0, 0.1) is 6.92 Å². The third-order valence-electron chi connectivity index (χ3n) is 3.56. The number of halogens is 2. The average Bonchev–Trinajstić information content (AvgIpc) is 2.64. The highest BCUT2D eigenvalue weighted by Crippen LogP contribution is 2.25. The van der Waals surface area contributed by atoms with Gasteiger partial charge in [0, 0.05) is 5.02 Å². The molecule has 2 amide bonds. The molecule has 0 spiro atoms. The molecule has 0 bridgehead atoms. The number of anilines is 1. The first-order valence-corrected chi connectivity index (χ1v) is 8.89. The quantitative estimate of drug-likeness (QED) is 0.665. The summed E-state index contributed by atoms with van der Waals surface area (Å²) in [5, 5.41) is 5.51. The Morgan fingerprint density at radius 3 is 2.50 bits per heavy atom.